The first kappa shape index (κ1) is 19.3. The lowest BCUT2D eigenvalue weighted by Gasteiger charge is -2.27. The van der Waals surface area contributed by atoms with Gasteiger partial charge in [-0.2, -0.15) is 0 Å². The summed E-state index contributed by atoms with van der Waals surface area (Å²) in [4.78, 5) is 27.2. The average molecular weight is 456 g/mol. The number of fused-ring (bicyclic) bond motifs is 3. The van der Waals surface area contributed by atoms with Crippen molar-refractivity contribution in [3.8, 4) is 0 Å². The summed E-state index contributed by atoms with van der Waals surface area (Å²) in [6, 6.07) is 12.5. The third kappa shape index (κ3) is 3.22. The number of carbonyl (C=O) groups excluding carboxylic acids is 1. The molecular weight excluding hydrogens is 438 g/mol. The van der Waals surface area contributed by atoms with E-state index in [-0.39, 0.29) is 5.56 Å². The molecule has 0 spiro atoms. The minimum absolute atomic E-state index is 0.183. The Balaban J connectivity index is 1.99. The molecule has 9 heteroatoms. The lowest BCUT2D eigenvalue weighted by atomic mass is 10.1. The maximum Gasteiger partial charge on any atom is 0.337 e. The molecule has 148 valence electrons. The highest BCUT2D eigenvalue weighted by atomic mass is 79.9. The van der Waals surface area contributed by atoms with Gasteiger partial charge in [-0.05, 0) is 50.0 Å². The molecule has 2 aromatic heterocycles. The van der Waals surface area contributed by atoms with Gasteiger partial charge in [0.15, 0.2) is 0 Å². The predicted octanol–water partition coefficient (Wildman–Crippen LogP) is 2.70. The first-order valence-corrected chi connectivity index (χ1v) is 9.60. The zero-order valence-corrected chi connectivity index (χ0v) is 17.6. The highest BCUT2D eigenvalue weighted by Crippen LogP contribution is 2.25. The summed E-state index contributed by atoms with van der Waals surface area (Å²) in [6.45, 7) is 0. The van der Waals surface area contributed by atoms with Crippen LogP contribution in [0.2, 0.25) is 0 Å². The van der Waals surface area contributed by atoms with Crippen LogP contribution in [0.3, 0.4) is 0 Å². The number of hydrogen-bond acceptors (Lipinski definition) is 6. The molecular formula is C20H18BrN5O3. The lowest BCUT2D eigenvalue weighted by Crippen LogP contribution is -2.36. The molecule has 4 aromatic rings. The second-order valence-corrected chi connectivity index (χ2v) is 7.70. The van der Waals surface area contributed by atoms with Crippen LogP contribution in [0.15, 0.2) is 58.1 Å². The SMILES string of the molecule is COC(=O)c1ccc(C(N(C)C)n2c(=O)c3cc(Br)ccc3n3cnnc23)cc1. The fraction of sp³-hybridized carbons (Fsp3) is 0.200. The third-order valence-electron chi connectivity index (χ3n) is 4.78. The van der Waals surface area contributed by atoms with Gasteiger partial charge in [0, 0.05) is 4.47 Å². The molecule has 0 N–H and O–H groups in total. The normalized spacial score (nSPS) is 12.6. The molecule has 0 bridgehead atoms. The van der Waals surface area contributed by atoms with E-state index in [0.29, 0.717) is 16.7 Å². The number of esters is 1. The Morgan fingerprint density at radius 3 is 2.55 bits per heavy atom. The molecule has 2 aromatic carbocycles. The molecule has 0 aliphatic rings. The largest absolute Gasteiger partial charge is 0.465 e. The topological polar surface area (TPSA) is 81.7 Å². The number of methoxy groups -OCH3 is 1. The van der Waals surface area contributed by atoms with E-state index in [9.17, 15) is 9.59 Å². The summed E-state index contributed by atoms with van der Waals surface area (Å²) in [5.74, 6) is 0.0195. The van der Waals surface area contributed by atoms with Gasteiger partial charge in [0.05, 0.1) is 23.6 Å². The summed E-state index contributed by atoms with van der Waals surface area (Å²) in [5.41, 5.74) is 1.81. The number of carbonyl (C=O) groups is 1. The van der Waals surface area contributed by atoms with Crippen LogP contribution in [0.1, 0.15) is 22.1 Å². The summed E-state index contributed by atoms with van der Waals surface area (Å²) < 4.78 is 8.97. The van der Waals surface area contributed by atoms with Gasteiger partial charge < -0.3 is 4.74 Å². The molecule has 0 saturated heterocycles. The highest BCUT2D eigenvalue weighted by molar-refractivity contribution is 9.10. The standard InChI is InChI=1S/C20H18BrN5O3/c1-24(2)17(12-4-6-13(7-5-12)19(28)29-3)26-18(27)15-10-14(21)8-9-16(15)25-11-22-23-20(25)26/h4-11,17H,1-3H3. The third-order valence-corrected chi connectivity index (χ3v) is 5.27. The van der Waals surface area contributed by atoms with E-state index in [2.05, 4.69) is 26.1 Å². The van der Waals surface area contributed by atoms with Crippen molar-refractivity contribution in [3.63, 3.8) is 0 Å². The van der Waals surface area contributed by atoms with Crippen LogP contribution in [0, 0.1) is 0 Å². The van der Waals surface area contributed by atoms with Crippen LogP contribution in [-0.4, -0.2) is 51.2 Å². The summed E-state index contributed by atoms with van der Waals surface area (Å²) >= 11 is 3.44. The minimum atomic E-state index is -0.454. The van der Waals surface area contributed by atoms with E-state index in [1.165, 1.54) is 7.11 Å². The minimum Gasteiger partial charge on any atom is -0.465 e. The van der Waals surface area contributed by atoms with Crippen molar-refractivity contribution >= 4 is 38.6 Å². The number of benzene rings is 2. The van der Waals surface area contributed by atoms with E-state index >= 15 is 0 Å². The zero-order valence-electron chi connectivity index (χ0n) is 16.0. The number of halogens is 1. The van der Waals surface area contributed by atoms with Crippen molar-refractivity contribution < 1.29 is 9.53 Å². The van der Waals surface area contributed by atoms with E-state index < -0.39 is 12.1 Å². The molecule has 0 aliphatic carbocycles. The Kier molecular flexibility index (Phi) is 4.93. The molecule has 0 saturated carbocycles. The van der Waals surface area contributed by atoms with E-state index in [4.69, 9.17) is 4.74 Å². The van der Waals surface area contributed by atoms with Crippen LogP contribution in [0.5, 0.6) is 0 Å². The van der Waals surface area contributed by atoms with Gasteiger partial charge in [-0.1, -0.05) is 28.1 Å². The number of hydrogen-bond donors (Lipinski definition) is 0. The second kappa shape index (κ2) is 7.41. The monoisotopic (exact) mass is 455 g/mol. The summed E-state index contributed by atoms with van der Waals surface area (Å²) in [6.07, 6.45) is 1.14. The smallest absolute Gasteiger partial charge is 0.337 e. The maximum absolute atomic E-state index is 13.5. The first-order chi connectivity index (χ1) is 13.9. The van der Waals surface area contributed by atoms with Crippen molar-refractivity contribution in [2.45, 2.75) is 6.17 Å². The molecule has 2 heterocycles. The van der Waals surface area contributed by atoms with E-state index in [1.807, 2.05) is 31.1 Å². The van der Waals surface area contributed by atoms with Crippen molar-refractivity contribution in [1.82, 2.24) is 24.1 Å². The van der Waals surface area contributed by atoms with Gasteiger partial charge in [-0.25, -0.2) is 4.79 Å². The van der Waals surface area contributed by atoms with Crippen molar-refractivity contribution in [3.05, 3.63) is 74.7 Å². The highest BCUT2D eigenvalue weighted by Gasteiger charge is 2.24. The molecule has 0 amide bonds. The second-order valence-electron chi connectivity index (χ2n) is 6.79. The molecule has 0 fully saturated rings. The summed E-state index contributed by atoms with van der Waals surface area (Å²) in [5, 5.41) is 8.77. The molecule has 29 heavy (non-hydrogen) atoms. The number of ether oxygens (including phenoxy) is 1. The van der Waals surface area contributed by atoms with E-state index in [1.54, 1.807) is 45.6 Å². The van der Waals surface area contributed by atoms with Crippen LogP contribution < -0.4 is 5.56 Å². The maximum atomic E-state index is 13.5. The average Bonchev–Trinajstić information content (AvgIpc) is 3.20. The van der Waals surface area contributed by atoms with Crippen LogP contribution in [-0.2, 0) is 4.74 Å². The fourth-order valence-electron chi connectivity index (χ4n) is 3.48. The number of aromatic nitrogens is 4. The van der Waals surface area contributed by atoms with Crippen molar-refractivity contribution in [2.24, 2.45) is 0 Å². The fourth-order valence-corrected chi connectivity index (χ4v) is 3.84. The van der Waals surface area contributed by atoms with Gasteiger partial charge in [0.2, 0.25) is 5.78 Å². The summed E-state index contributed by atoms with van der Waals surface area (Å²) in [7, 11) is 5.10. The van der Waals surface area contributed by atoms with Gasteiger partial charge in [0.25, 0.3) is 5.56 Å². The quantitative estimate of drug-likeness (QED) is 0.440. The molecule has 1 unspecified atom stereocenters. The Morgan fingerprint density at radius 1 is 1.17 bits per heavy atom. The van der Waals surface area contributed by atoms with Gasteiger partial charge >= 0.3 is 5.97 Å². The molecule has 0 aliphatic heterocycles. The van der Waals surface area contributed by atoms with Gasteiger partial charge in [-0.3, -0.25) is 18.7 Å². The van der Waals surface area contributed by atoms with Crippen LogP contribution in [0.4, 0.5) is 0 Å². The number of nitrogens with zero attached hydrogens (tertiary/aromatic N) is 5. The Hall–Kier alpha value is -3.04. The number of rotatable bonds is 4. The predicted molar refractivity (Wildman–Crippen MR) is 112 cm³/mol. The van der Waals surface area contributed by atoms with Gasteiger partial charge in [0.1, 0.15) is 12.5 Å². The van der Waals surface area contributed by atoms with Crippen LogP contribution in [0.25, 0.3) is 16.7 Å². The van der Waals surface area contributed by atoms with Crippen molar-refractivity contribution in [2.75, 3.05) is 21.2 Å². The Bertz CT molecular complexity index is 1280. The Morgan fingerprint density at radius 2 is 1.90 bits per heavy atom. The lowest BCUT2D eigenvalue weighted by molar-refractivity contribution is 0.0600. The molecule has 4 rings (SSSR count). The van der Waals surface area contributed by atoms with E-state index in [0.717, 1.165) is 15.6 Å². The molecule has 0 radical (unpaired) electrons. The Labute approximate surface area is 174 Å². The molecule has 1 atom stereocenters. The first-order valence-electron chi connectivity index (χ1n) is 8.80. The van der Waals surface area contributed by atoms with Crippen molar-refractivity contribution in [1.29, 1.82) is 0 Å². The zero-order chi connectivity index (χ0) is 20.7. The van der Waals surface area contributed by atoms with Crippen LogP contribution >= 0.6 is 15.9 Å². The van der Waals surface area contributed by atoms with Gasteiger partial charge in [-0.15, -0.1) is 10.2 Å². The molecule has 8 nitrogen and oxygen atoms in total.